The van der Waals surface area contributed by atoms with Crippen molar-refractivity contribution in [2.75, 3.05) is 19.6 Å². The lowest BCUT2D eigenvalue weighted by molar-refractivity contribution is 0.0502. The Bertz CT molecular complexity index is 219. The third-order valence-corrected chi connectivity index (χ3v) is 3.85. The molecule has 1 N–H and O–H groups in total. The highest BCUT2D eigenvalue weighted by atomic mass is 15.3. The zero-order valence-corrected chi connectivity index (χ0v) is 10.7. The van der Waals surface area contributed by atoms with Gasteiger partial charge < -0.3 is 5.32 Å². The van der Waals surface area contributed by atoms with Crippen LogP contribution in [0.15, 0.2) is 0 Å². The van der Waals surface area contributed by atoms with Crippen molar-refractivity contribution in [3.63, 3.8) is 0 Å². The predicted octanol–water partition coefficient (Wildman–Crippen LogP) is 2.10. The molecule has 0 spiro atoms. The van der Waals surface area contributed by atoms with Gasteiger partial charge in [-0.05, 0) is 38.5 Å². The van der Waals surface area contributed by atoms with Gasteiger partial charge in [0.15, 0.2) is 0 Å². The first kappa shape index (κ1) is 11.4. The third kappa shape index (κ3) is 2.73. The number of rotatable bonds is 3. The highest BCUT2D eigenvalue weighted by Crippen LogP contribution is 2.35. The van der Waals surface area contributed by atoms with E-state index in [1.165, 1.54) is 25.9 Å². The third-order valence-electron chi connectivity index (χ3n) is 3.85. The van der Waals surface area contributed by atoms with Gasteiger partial charge in [-0.1, -0.05) is 13.8 Å². The molecule has 2 nitrogen and oxygen atoms in total. The van der Waals surface area contributed by atoms with Crippen LogP contribution in [-0.2, 0) is 0 Å². The summed E-state index contributed by atoms with van der Waals surface area (Å²) in [6, 6.07) is 0.775. The monoisotopic (exact) mass is 210 g/mol. The van der Waals surface area contributed by atoms with E-state index >= 15 is 0 Å². The van der Waals surface area contributed by atoms with Crippen molar-refractivity contribution in [2.24, 2.45) is 11.8 Å². The molecule has 0 aromatic carbocycles. The van der Waals surface area contributed by atoms with Crippen molar-refractivity contribution in [2.45, 2.75) is 52.1 Å². The summed E-state index contributed by atoms with van der Waals surface area (Å²) < 4.78 is 0. The largest absolute Gasteiger partial charge is 0.311 e. The summed E-state index contributed by atoms with van der Waals surface area (Å²) in [4.78, 5) is 2.69. The van der Waals surface area contributed by atoms with E-state index in [1.54, 1.807) is 0 Å². The van der Waals surface area contributed by atoms with Crippen LogP contribution in [0.5, 0.6) is 0 Å². The maximum Gasteiger partial charge on any atom is 0.0278 e. The van der Waals surface area contributed by atoms with Crippen LogP contribution in [0.4, 0.5) is 0 Å². The van der Waals surface area contributed by atoms with Crippen molar-refractivity contribution >= 4 is 0 Å². The normalized spacial score (nSPS) is 32.2. The molecule has 1 saturated carbocycles. The Hall–Kier alpha value is -0.0800. The van der Waals surface area contributed by atoms with E-state index in [0.29, 0.717) is 5.54 Å². The molecule has 2 rings (SSSR count). The van der Waals surface area contributed by atoms with Gasteiger partial charge in [0, 0.05) is 31.2 Å². The number of nitrogens with zero attached hydrogens (tertiary/aromatic N) is 1. The molecule has 88 valence electrons. The van der Waals surface area contributed by atoms with E-state index in [4.69, 9.17) is 0 Å². The second-order valence-corrected chi connectivity index (χ2v) is 6.44. The number of hydrogen-bond acceptors (Lipinski definition) is 2. The molecule has 2 heteroatoms. The van der Waals surface area contributed by atoms with Crippen molar-refractivity contribution < 1.29 is 0 Å². The van der Waals surface area contributed by atoms with Crippen molar-refractivity contribution in [1.29, 1.82) is 0 Å². The first-order chi connectivity index (χ1) is 6.99. The first-order valence-electron chi connectivity index (χ1n) is 6.47. The van der Waals surface area contributed by atoms with E-state index in [-0.39, 0.29) is 0 Å². The van der Waals surface area contributed by atoms with Crippen molar-refractivity contribution in [1.82, 2.24) is 10.2 Å². The van der Waals surface area contributed by atoms with E-state index < -0.39 is 0 Å². The lowest BCUT2D eigenvalue weighted by Gasteiger charge is -2.47. The molecule has 2 aliphatic rings. The molecule has 0 aromatic heterocycles. The fourth-order valence-electron chi connectivity index (χ4n) is 2.62. The Balaban J connectivity index is 1.95. The molecule has 0 radical (unpaired) electrons. The molecule has 1 saturated heterocycles. The van der Waals surface area contributed by atoms with Gasteiger partial charge in [-0.2, -0.15) is 0 Å². The maximum absolute atomic E-state index is 3.73. The van der Waals surface area contributed by atoms with E-state index in [9.17, 15) is 0 Å². The van der Waals surface area contributed by atoms with Crippen LogP contribution in [0.25, 0.3) is 0 Å². The molecular formula is C13H26N2. The highest BCUT2D eigenvalue weighted by molar-refractivity contribution is 4.98. The highest BCUT2D eigenvalue weighted by Gasteiger charge is 2.40. The molecule has 15 heavy (non-hydrogen) atoms. The lowest BCUT2D eigenvalue weighted by atomic mass is 9.94. The Morgan fingerprint density at radius 1 is 1.33 bits per heavy atom. The Morgan fingerprint density at radius 3 is 2.53 bits per heavy atom. The fourth-order valence-corrected chi connectivity index (χ4v) is 2.62. The molecule has 0 amide bonds. The standard InChI is InChI=1S/C13H26N2/c1-10(2)7-15-8-12(11-5-6-11)14-9-13(15,3)4/h10-12,14H,5-9H2,1-4H3. The molecular weight excluding hydrogens is 184 g/mol. The molecule has 1 heterocycles. The molecule has 1 unspecified atom stereocenters. The number of hydrogen-bond donors (Lipinski definition) is 1. The van der Waals surface area contributed by atoms with Crippen LogP contribution >= 0.6 is 0 Å². The SMILES string of the molecule is CC(C)CN1CC(C2CC2)NCC1(C)C. The molecule has 0 bridgehead atoms. The van der Waals surface area contributed by atoms with E-state index in [2.05, 4.69) is 37.9 Å². The summed E-state index contributed by atoms with van der Waals surface area (Å²) in [6.45, 7) is 13.0. The Kier molecular flexibility index (Phi) is 3.09. The summed E-state index contributed by atoms with van der Waals surface area (Å²) in [5.74, 6) is 1.76. The Morgan fingerprint density at radius 2 is 2.00 bits per heavy atom. The summed E-state index contributed by atoms with van der Waals surface area (Å²) in [5.41, 5.74) is 0.343. The van der Waals surface area contributed by atoms with Crippen LogP contribution < -0.4 is 5.32 Å². The van der Waals surface area contributed by atoms with Gasteiger partial charge in [0.1, 0.15) is 0 Å². The number of nitrogens with one attached hydrogen (secondary N) is 1. The van der Waals surface area contributed by atoms with Crippen LogP contribution in [0.3, 0.4) is 0 Å². The van der Waals surface area contributed by atoms with Gasteiger partial charge in [-0.15, -0.1) is 0 Å². The summed E-state index contributed by atoms with van der Waals surface area (Å²) >= 11 is 0. The second-order valence-electron chi connectivity index (χ2n) is 6.44. The first-order valence-corrected chi connectivity index (χ1v) is 6.47. The zero-order chi connectivity index (χ0) is 11.1. The minimum Gasteiger partial charge on any atom is -0.311 e. The van der Waals surface area contributed by atoms with Crippen LogP contribution in [0.1, 0.15) is 40.5 Å². The molecule has 1 atom stereocenters. The molecule has 0 aromatic rings. The van der Waals surface area contributed by atoms with Crippen LogP contribution in [0.2, 0.25) is 0 Å². The van der Waals surface area contributed by atoms with Gasteiger partial charge in [-0.25, -0.2) is 0 Å². The Labute approximate surface area is 94.4 Å². The van der Waals surface area contributed by atoms with Crippen LogP contribution in [-0.4, -0.2) is 36.1 Å². The van der Waals surface area contributed by atoms with Gasteiger partial charge in [0.05, 0.1) is 0 Å². The smallest absolute Gasteiger partial charge is 0.0278 e. The summed E-state index contributed by atoms with van der Waals surface area (Å²) in [6.07, 6.45) is 2.90. The van der Waals surface area contributed by atoms with Crippen molar-refractivity contribution in [3.8, 4) is 0 Å². The van der Waals surface area contributed by atoms with E-state index in [0.717, 1.165) is 24.4 Å². The van der Waals surface area contributed by atoms with Gasteiger partial charge in [0.2, 0.25) is 0 Å². The van der Waals surface area contributed by atoms with Crippen molar-refractivity contribution in [3.05, 3.63) is 0 Å². The van der Waals surface area contributed by atoms with Gasteiger partial charge >= 0.3 is 0 Å². The quantitative estimate of drug-likeness (QED) is 0.767. The predicted molar refractivity (Wildman–Crippen MR) is 65.0 cm³/mol. The van der Waals surface area contributed by atoms with Crippen LogP contribution in [0, 0.1) is 11.8 Å². The maximum atomic E-state index is 3.73. The fraction of sp³-hybridized carbons (Fsp3) is 1.00. The molecule has 1 aliphatic carbocycles. The van der Waals surface area contributed by atoms with Gasteiger partial charge in [-0.3, -0.25) is 4.90 Å². The average Bonchev–Trinajstić information content (AvgIpc) is 2.90. The average molecular weight is 210 g/mol. The molecule has 1 aliphatic heterocycles. The minimum atomic E-state index is 0.343. The zero-order valence-electron chi connectivity index (χ0n) is 10.7. The second kappa shape index (κ2) is 4.06. The molecule has 2 fully saturated rings. The topological polar surface area (TPSA) is 15.3 Å². The summed E-state index contributed by atoms with van der Waals surface area (Å²) in [7, 11) is 0. The number of piperazine rings is 1. The summed E-state index contributed by atoms with van der Waals surface area (Å²) in [5, 5.41) is 3.73. The minimum absolute atomic E-state index is 0.343. The van der Waals surface area contributed by atoms with Gasteiger partial charge in [0.25, 0.3) is 0 Å². The lowest BCUT2D eigenvalue weighted by Crippen LogP contribution is -2.63. The van der Waals surface area contributed by atoms with E-state index in [1.807, 2.05) is 0 Å².